The van der Waals surface area contributed by atoms with Crippen molar-refractivity contribution in [2.45, 2.75) is 12.8 Å². The Hall–Kier alpha value is -1.32. The molecule has 0 spiro atoms. The summed E-state index contributed by atoms with van der Waals surface area (Å²) in [6, 6.07) is 0. The molecule has 0 nitrogen and oxygen atoms in total. The first-order valence-electron chi connectivity index (χ1n) is 2.56. The molecule has 0 atom stereocenters. The van der Waals surface area contributed by atoms with Crippen LogP contribution in [0.5, 0.6) is 0 Å². The zero-order chi connectivity index (χ0) is 6.95. The van der Waals surface area contributed by atoms with Gasteiger partial charge in [-0.2, -0.15) is 0 Å². The second kappa shape index (κ2) is 6.68. The van der Waals surface area contributed by atoms with Crippen molar-refractivity contribution < 1.29 is 0 Å². The maximum absolute atomic E-state index is 6.40. The minimum Gasteiger partial charge on any atom is -0.102 e. The Morgan fingerprint density at radius 3 is 2.56 bits per heavy atom. The molecule has 0 saturated carbocycles. The van der Waals surface area contributed by atoms with Crippen LogP contribution in [0.1, 0.15) is 12.8 Å². The van der Waals surface area contributed by atoms with Gasteiger partial charge in [-0.3, -0.25) is 0 Å². The largest absolute Gasteiger partial charge is 0.102 e. The van der Waals surface area contributed by atoms with Crippen LogP contribution in [0.2, 0.25) is 0 Å². The van der Waals surface area contributed by atoms with E-state index in [-0.39, 0.29) is 0 Å². The molecule has 0 aromatic heterocycles. The summed E-state index contributed by atoms with van der Waals surface area (Å²) < 4.78 is 0. The molecule has 0 aliphatic heterocycles. The molecular formula is C9H6. The number of rotatable bonds is 0. The summed E-state index contributed by atoms with van der Waals surface area (Å²) in [7, 11) is 0. The van der Waals surface area contributed by atoms with Gasteiger partial charge in [0, 0.05) is 6.42 Å². The summed E-state index contributed by atoms with van der Waals surface area (Å²) >= 11 is 0. The van der Waals surface area contributed by atoms with Gasteiger partial charge in [0.05, 0.1) is 6.42 Å². The minimum atomic E-state index is 0.515. The van der Waals surface area contributed by atoms with E-state index in [1.54, 1.807) is 0 Å². The zero-order valence-corrected chi connectivity index (χ0v) is 5.12. The van der Waals surface area contributed by atoms with Crippen molar-refractivity contribution in [1.82, 2.24) is 0 Å². The lowest BCUT2D eigenvalue weighted by molar-refractivity contribution is 1.45. The Kier molecular flexibility index (Phi) is 5.70. The Morgan fingerprint density at radius 2 is 2.00 bits per heavy atom. The summed E-state index contributed by atoms with van der Waals surface area (Å²) in [6.45, 7) is 3.53. The molecule has 0 aliphatic rings. The average molecular weight is 114 g/mol. The van der Waals surface area contributed by atoms with E-state index in [0.29, 0.717) is 12.8 Å². The summed E-state index contributed by atoms with van der Waals surface area (Å²) in [5.41, 5.74) is 0. The van der Waals surface area contributed by atoms with Gasteiger partial charge in [-0.25, -0.2) is 0 Å². The fourth-order valence-electron chi connectivity index (χ4n) is 0.283. The van der Waals surface area contributed by atoms with Crippen LogP contribution in [-0.4, -0.2) is 0 Å². The molecule has 0 bridgehead atoms. The van der Waals surface area contributed by atoms with Gasteiger partial charge < -0.3 is 0 Å². The van der Waals surface area contributed by atoms with Crippen LogP contribution in [0.4, 0.5) is 0 Å². The summed E-state index contributed by atoms with van der Waals surface area (Å²) in [4.78, 5) is 0. The summed E-state index contributed by atoms with van der Waals surface area (Å²) in [5, 5.41) is 0. The normalized spacial score (nSPS) is 5.33. The quantitative estimate of drug-likeness (QED) is 0.415. The van der Waals surface area contributed by atoms with Crippen LogP contribution >= 0.6 is 0 Å². The molecule has 42 valence electrons. The lowest BCUT2D eigenvalue weighted by Gasteiger charge is -1.67. The third-order valence-corrected chi connectivity index (χ3v) is 0.578. The molecule has 0 aromatic carbocycles. The monoisotopic (exact) mass is 114 g/mol. The van der Waals surface area contributed by atoms with Crippen molar-refractivity contribution >= 4 is 0 Å². The van der Waals surface area contributed by atoms with Crippen molar-refractivity contribution in [1.29, 1.82) is 0 Å². The van der Waals surface area contributed by atoms with Gasteiger partial charge in [-0.05, 0) is 25.2 Å². The summed E-state index contributed by atoms with van der Waals surface area (Å²) in [6.07, 6.45) is 7.54. The van der Waals surface area contributed by atoms with Crippen LogP contribution in [0.25, 0.3) is 0 Å². The molecule has 0 aromatic rings. The van der Waals surface area contributed by atoms with E-state index >= 15 is 0 Å². The molecule has 0 amide bonds. The fraction of sp³-hybridized carbons (Fsp3) is 0.222. The fourth-order valence-corrected chi connectivity index (χ4v) is 0.283. The highest BCUT2D eigenvalue weighted by Gasteiger charge is 1.62. The highest BCUT2D eigenvalue weighted by atomic mass is 13.7. The van der Waals surface area contributed by atoms with Crippen LogP contribution in [0.15, 0.2) is 0 Å². The maximum Gasteiger partial charge on any atom is 0.0712 e. The number of hydrogen-bond acceptors (Lipinski definition) is 0. The standard InChI is InChI=1S/C9H6/c1-3-5-7-9-8-6-4-2/h1,3,9H2. The second-order valence-corrected chi connectivity index (χ2v) is 1.21. The molecule has 0 fully saturated rings. The molecule has 0 heterocycles. The van der Waals surface area contributed by atoms with Gasteiger partial charge in [0.25, 0.3) is 0 Å². The maximum atomic E-state index is 6.40. The van der Waals surface area contributed by atoms with E-state index in [1.165, 1.54) is 0 Å². The first kappa shape index (κ1) is 7.68. The van der Waals surface area contributed by atoms with Gasteiger partial charge in [-0.1, -0.05) is 11.8 Å². The van der Waals surface area contributed by atoms with Gasteiger partial charge in [0.15, 0.2) is 0 Å². The Morgan fingerprint density at radius 1 is 1.22 bits per heavy atom. The first-order valence-corrected chi connectivity index (χ1v) is 2.56. The highest BCUT2D eigenvalue weighted by molar-refractivity contribution is 5.22. The van der Waals surface area contributed by atoms with Gasteiger partial charge in [0.2, 0.25) is 0 Å². The topological polar surface area (TPSA) is 0 Å². The Balaban J connectivity index is 3.43. The molecule has 0 saturated heterocycles. The van der Waals surface area contributed by atoms with Gasteiger partial charge in [-0.15, -0.1) is 5.92 Å². The molecule has 0 aliphatic carbocycles. The van der Waals surface area contributed by atoms with Crippen molar-refractivity contribution in [3.63, 3.8) is 0 Å². The second-order valence-electron chi connectivity index (χ2n) is 1.21. The number of hydrogen-bond donors (Lipinski definition) is 0. The van der Waals surface area contributed by atoms with Crippen LogP contribution in [-0.2, 0) is 0 Å². The molecular weight excluding hydrogens is 108 g/mol. The predicted molar refractivity (Wildman–Crippen MR) is 37.3 cm³/mol. The van der Waals surface area contributed by atoms with E-state index in [9.17, 15) is 0 Å². The first-order chi connectivity index (χ1) is 4.41. The molecule has 0 heteroatoms. The van der Waals surface area contributed by atoms with Crippen molar-refractivity contribution in [3.8, 4) is 29.6 Å². The molecule has 0 unspecified atom stereocenters. The van der Waals surface area contributed by atoms with Gasteiger partial charge >= 0.3 is 0 Å². The van der Waals surface area contributed by atoms with E-state index < -0.39 is 0 Å². The lowest BCUT2D eigenvalue weighted by Crippen LogP contribution is -1.58. The highest BCUT2D eigenvalue weighted by Crippen LogP contribution is 1.71. The average Bonchev–Trinajstić information content (AvgIpc) is 1.89. The third kappa shape index (κ3) is 6.68. The smallest absolute Gasteiger partial charge is 0.0712 e. The van der Waals surface area contributed by atoms with Crippen LogP contribution in [0.3, 0.4) is 0 Å². The van der Waals surface area contributed by atoms with Crippen molar-refractivity contribution in [2.75, 3.05) is 0 Å². The van der Waals surface area contributed by atoms with E-state index in [0.717, 1.165) is 0 Å². The van der Waals surface area contributed by atoms with Crippen molar-refractivity contribution in [2.24, 2.45) is 0 Å². The minimum absolute atomic E-state index is 0.515. The van der Waals surface area contributed by atoms with Crippen LogP contribution < -0.4 is 0 Å². The third-order valence-electron chi connectivity index (χ3n) is 0.578. The zero-order valence-electron chi connectivity index (χ0n) is 5.12. The Bertz CT molecular complexity index is 206. The predicted octanol–water partition coefficient (Wildman–Crippen LogP) is 1.20. The van der Waals surface area contributed by atoms with E-state index in [1.807, 2.05) is 5.92 Å². The van der Waals surface area contributed by atoms with Crippen LogP contribution in [0, 0.1) is 42.9 Å². The van der Waals surface area contributed by atoms with E-state index in [4.69, 9.17) is 6.42 Å². The van der Waals surface area contributed by atoms with Gasteiger partial charge in [0.1, 0.15) is 0 Å². The molecule has 2 radical (unpaired) electrons. The molecule has 0 N–H and O–H groups in total. The lowest BCUT2D eigenvalue weighted by atomic mass is 10.4. The summed E-state index contributed by atoms with van der Waals surface area (Å²) in [5.74, 6) is 12.4. The Labute approximate surface area is 56.7 Å². The molecule has 0 rings (SSSR count). The molecule has 9 heavy (non-hydrogen) atoms. The SMILES string of the molecule is [C]#CC#CCC#CC[CH2]. The van der Waals surface area contributed by atoms with Crippen molar-refractivity contribution in [3.05, 3.63) is 13.3 Å². The van der Waals surface area contributed by atoms with E-state index in [2.05, 4.69) is 30.6 Å².